The van der Waals surface area contributed by atoms with Crippen LogP contribution in [0.1, 0.15) is 28.7 Å². The third-order valence-electron chi connectivity index (χ3n) is 3.71. The van der Waals surface area contributed by atoms with Gasteiger partial charge in [0.1, 0.15) is 0 Å². The lowest BCUT2D eigenvalue weighted by molar-refractivity contribution is 0.102. The van der Waals surface area contributed by atoms with E-state index in [1.54, 1.807) is 10.7 Å². The molecular weight excluding hydrogens is 286 g/mol. The molecular formula is C19H19N3O. The van der Waals surface area contributed by atoms with Gasteiger partial charge < -0.3 is 5.32 Å². The number of hydrogen-bond donors (Lipinski definition) is 1. The second-order valence-corrected chi connectivity index (χ2v) is 5.43. The summed E-state index contributed by atoms with van der Waals surface area (Å²) >= 11 is 0. The van der Waals surface area contributed by atoms with Crippen molar-refractivity contribution in [2.75, 3.05) is 5.32 Å². The SMILES string of the molecule is CCc1cccc(NC(=O)c2cc(C)n(-c3ccccc3)n2)c1. The smallest absolute Gasteiger partial charge is 0.276 e. The molecule has 0 atom stereocenters. The van der Waals surface area contributed by atoms with E-state index in [1.165, 1.54) is 5.56 Å². The molecule has 116 valence electrons. The maximum Gasteiger partial charge on any atom is 0.276 e. The maximum absolute atomic E-state index is 12.4. The van der Waals surface area contributed by atoms with E-state index in [0.29, 0.717) is 5.69 Å². The van der Waals surface area contributed by atoms with Gasteiger partial charge in [0.25, 0.3) is 5.91 Å². The molecule has 1 amide bonds. The van der Waals surface area contributed by atoms with Gasteiger partial charge in [0, 0.05) is 11.4 Å². The van der Waals surface area contributed by atoms with Crippen molar-refractivity contribution < 1.29 is 4.79 Å². The Morgan fingerprint density at radius 1 is 1.09 bits per heavy atom. The number of benzene rings is 2. The molecule has 0 fully saturated rings. The second kappa shape index (κ2) is 6.48. The van der Waals surface area contributed by atoms with E-state index in [-0.39, 0.29) is 5.91 Å². The van der Waals surface area contributed by atoms with Crippen LogP contribution in [0.15, 0.2) is 60.7 Å². The highest BCUT2D eigenvalue weighted by Crippen LogP contribution is 2.15. The molecule has 0 aliphatic carbocycles. The zero-order chi connectivity index (χ0) is 16.2. The van der Waals surface area contributed by atoms with Gasteiger partial charge in [-0.1, -0.05) is 37.3 Å². The molecule has 1 N–H and O–H groups in total. The molecule has 0 radical (unpaired) electrons. The number of nitrogens with one attached hydrogen (secondary N) is 1. The van der Waals surface area contributed by atoms with Gasteiger partial charge in [-0.3, -0.25) is 4.79 Å². The van der Waals surface area contributed by atoms with Gasteiger partial charge in [0.2, 0.25) is 0 Å². The van der Waals surface area contributed by atoms with E-state index < -0.39 is 0 Å². The second-order valence-electron chi connectivity index (χ2n) is 5.43. The van der Waals surface area contributed by atoms with E-state index in [4.69, 9.17) is 0 Å². The molecule has 1 heterocycles. The van der Waals surface area contributed by atoms with E-state index in [2.05, 4.69) is 17.3 Å². The standard InChI is InChI=1S/C19H19N3O/c1-3-15-8-7-9-16(13-15)20-19(23)18-12-14(2)22(21-18)17-10-5-4-6-11-17/h4-13H,3H2,1-2H3,(H,20,23). The lowest BCUT2D eigenvalue weighted by Gasteiger charge is -2.05. The van der Waals surface area contributed by atoms with Crippen LogP contribution in [0.2, 0.25) is 0 Å². The first-order valence-electron chi connectivity index (χ1n) is 7.70. The van der Waals surface area contributed by atoms with Gasteiger partial charge in [-0.15, -0.1) is 0 Å². The third kappa shape index (κ3) is 3.31. The van der Waals surface area contributed by atoms with Crippen molar-refractivity contribution in [3.05, 3.63) is 77.6 Å². The highest BCUT2D eigenvalue weighted by atomic mass is 16.1. The Hall–Kier alpha value is -2.88. The average Bonchev–Trinajstić information content (AvgIpc) is 2.98. The molecule has 0 saturated carbocycles. The summed E-state index contributed by atoms with van der Waals surface area (Å²) < 4.78 is 1.78. The first-order valence-corrected chi connectivity index (χ1v) is 7.70. The third-order valence-corrected chi connectivity index (χ3v) is 3.71. The minimum atomic E-state index is -0.198. The fourth-order valence-electron chi connectivity index (χ4n) is 2.48. The summed E-state index contributed by atoms with van der Waals surface area (Å²) in [5, 5.41) is 7.33. The molecule has 3 aromatic rings. The number of nitrogens with zero attached hydrogens (tertiary/aromatic N) is 2. The van der Waals surface area contributed by atoms with Crippen LogP contribution in [0.4, 0.5) is 5.69 Å². The van der Waals surface area contributed by atoms with Crippen LogP contribution in [0.5, 0.6) is 0 Å². The number of hydrogen-bond acceptors (Lipinski definition) is 2. The maximum atomic E-state index is 12.4. The predicted molar refractivity (Wildman–Crippen MR) is 92.1 cm³/mol. The van der Waals surface area contributed by atoms with Crippen LogP contribution in [-0.4, -0.2) is 15.7 Å². The number of amides is 1. The van der Waals surface area contributed by atoms with Crippen LogP contribution in [0.25, 0.3) is 5.69 Å². The normalized spacial score (nSPS) is 10.5. The van der Waals surface area contributed by atoms with Gasteiger partial charge in [0.15, 0.2) is 5.69 Å². The van der Waals surface area contributed by atoms with Crippen LogP contribution in [0, 0.1) is 6.92 Å². The molecule has 0 saturated heterocycles. The molecule has 0 aliphatic heterocycles. The van der Waals surface area contributed by atoms with Crippen LogP contribution < -0.4 is 5.32 Å². The van der Waals surface area contributed by atoms with E-state index in [1.807, 2.05) is 61.5 Å². The van der Waals surface area contributed by atoms with Crippen LogP contribution in [-0.2, 0) is 6.42 Å². The Morgan fingerprint density at radius 2 is 1.87 bits per heavy atom. The first kappa shape index (κ1) is 15.0. The molecule has 0 bridgehead atoms. The van der Waals surface area contributed by atoms with Crippen molar-refractivity contribution in [2.45, 2.75) is 20.3 Å². The highest BCUT2D eigenvalue weighted by molar-refractivity contribution is 6.03. The molecule has 23 heavy (non-hydrogen) atoms. The molecule has 4 heteroatoms. The Kier molecular flexibility index (Phi) is 4.24. The summed E-state index contributed by atoms with van der Waals surface area (Å²) in [7, 11) is 0. The number of anilines is 1. The molecule has 0 aliphatic rings. The van der Waals surface area contributed by atoms with E-state index >= 15 is 0 Å². The zero-order valence-corrected chi connectivity index (χ0v) is 13.3. The molecule has 3 rings (SSSR count). The lowest BCUT2D eigenvalue weighted by atomic mass is 10.1. The topological polar surface area (TPSA) is 46.9 Å². The summed E-state index contributed by atoms with van der Waals surface area (Å²) in [4.78, 5) is 12.4. The van der Waals surface area contributed by atoms with Gasteiger partial charge >= 0.3 is 0 Å². The van der Waals surface area contributed by atoms with Gasteiger partial charge in [0.05, 0.1) is 5.69 Å². The summed E-state index contributed by atoms with van der Waals surface area (Å²) in [6, 6.07) is 19.4. The van der Waals surface area contributed by atoms with Crippen molar-refractivity contribution >= 4 is 11.6 Å². The highest BCUT2D eigenvalue weighted by Gasteiger charge is 2.13. The summed E-state index contributed by atoms with van der Waals surface area (Å²) in [5.41, 5.74) is 4.25. The summed E-state index contributed by atoms with van der Waals surface area (Å²) in [6.07, 6.45) is 0.936. The van der Waals surface area contributed by atoms with Crippen molar-refractivity contribution in [1.82, 2.24) is 9.78 Å². The van der Waals surface area contributed by atoms with Gasteiger partial charge in [-0.2, -0.15) is 5.10 Å². The van der Waals surface area contributed by atoms with Gasteiger partial charge in [-0.25, -0.2) is 4.68 Å². The largest absolute Gasteiger partial charge is 0.321 e. The van der Waals surface area contributed by atoms with E-state index in [9.17, 15) is 4.79 Å². The minimum Gasteiger partial charge on any atom is -0.321 e. The summed E-state index contributed by atoms with van der Waals surface area (Å²) in [6.45, 7) is 4.03. The molecule has 1 aromatic heterocycles. The molecule has 2 aromatic carbocycles. The number of aromatic nitrogens is 2. The number of carbonyl (C=O) groups is 1. The van der Waals surface area contributed by atoms with Gasteiger partial charge in [-0.05, 0) is 49.2 Å². The van der Waals surface area contributed by atoms with Crippen LogP contribution >= 0.6 is 0 Å². The van der Waals surface area contributed by atoms with Crippen molar-refractivity contribution in [3.63, 3.8) is 0 Å². The monoisotopic (exact) mass is 305 g/mol. The Balaban J connectivity index is 1.83. The fourth-order valence-corrected chi connectivity index (χ4v) is 2.48. The van der Waals surface area contributed by atoms with Crippen molar-refractivity contribution in [1.29, 1.82) is 0 Å². The van der Waals surface area contributed by atoms with Crippen molar-refractivity contribution in [2.24, 2.45) is 0 Å². The Labute approximate surface area is 135 Å². The van der Waals surface area contributed by atoms with E-state index in [0.717, 1.165) is 23.5 Å². The number of carbonyl (C=O) groups excluding carboxylic acids is 1. The lowest BCUT2D eigenvalue weighted by Crippen LogP contribution is -2.13. The number of rotatable bonds is 4. The number of para-hydroxylation sites is 1. The molecule has 4 nitrogen and oxygen atoms in total. The first-order chi connectivity index (χ1) is 11.2. The van der Waals surface area contributed by atoms with Crippen LogP contribution in [0.3, 0.4) is 0 Å². The fraction of sp³-hybridized carbons (Fsp3) is 0.158. The number of aryl methyl sites for hydroxylation is 2. The minimum absolute atomic E-state index is 0.198. The molecule has 0 spiro atoms. The predicted octanol–water partition coefficient (Wildman–Crippen LogP) is 4.00. The Morgan fingerprint density at radius 3 is 2.61 bits per heavy atom. The Bertz CT molecular complexity index is 822. The zero-order valence-electron chi connectivity index (χ0n) is 13.3. The summed E-state index contributed by atoms with van der Waals surface area (Å²) in [5.74, 6) is -0.198. The average molecular weight is 305 g/mol. The van der Waals surface area contributed by atoms with Crippen molar-refractivity contribution in [3.8, 4) is 5.69 Å². The quantitative estimate of drug-likeness (QED) is 0.792. The molecule has 0 unspecified atom stereocenters.